The molecule has 0 aliphatic rings. The van der Waals surface area contributed by atoms with E-state index in [9.17, 15) is 13.6 Å². The van der Waals surface area contributed by atoms with Crippen LogP contribution < -0.4 is 0 Å². The second-order valence-corrected chi connectivity index (χ2v) is 4.49. The minimum atomic E-state index is -0.470. The van der Waals surface area contributed by atoms with Gasteiger partial charge >= 0.3 is 0 Å². The lowest BCUT2D eigenvalue weighted by molar-refractivity contribution is 0.112. The highest BCUT2D eigenvalue weighted by Crippen LogP contribution is 2.32. The topological polar surface area (TPSA) is 17.1 Å². The third-order valence-electron chi connectivity index (χ3n) is 3.30. The Balaban J connectivity index is 2.36. The molecule has 0 saturated heterocycles. The number of carbonyl (C=O) groups excluding carboxylic acids is 1. The molecular formula is C17H10F2O. The van der Waals surface area contributed by atoms with Crippen LogP contribution in [0.15, 0.2) is 54.6 Å². The van der Waals surface area contributed by atoms with Crippen molar-refractivity contribution in [2.24, 2.45) is 0 Å². The summed E-state index contributed by atoms with van der Waals surface area (Å²) < 4.78 is 27.0. The summed E-state index contributed by atoms with van der Waals surface area (Å²) in [6.45, 7) is 0. The molecule has 20 heavy (non-hydrogen) atoms. The van der Waals surface area contributed by atoms with Gasteiger partial charge < -0.3 is 0 Å². The lowest BCUT2D eigenvalue weighted by atomic mass is 9.95. The van der Waals surface area contributed by atoms with Crippen molar-refractivity contribution in [1.29, 1.82) is 0 Å². The maximum Gasteiger partial charge on any atom is 0.150 e. The predicted octanol–water partition coefficient (Wildman–Crippen LogP) is 4.60. The molecule has 0 amide bonds. The van der Waals surface area contributed by atoms with Gasteiger partial charge in [-0.15, -0.1) is 0 Å². The number of rotatable bonds is 2. The molecule has 0 heterocycles. The molecule has 0 radical (unpaired) electrons. The Kier molecular flexibility index (Phi) is 3.03. The largest absolute Gasteiger partial charge is 0.298 e. The molecule has 0 bridgehead atoms. The third-order valence-corrected chi connectivity index (χ3v) is 3.30. The molecule has 3 aromatic rings. The number of carbonyl (C=O) groups is 1. The first-order chi connectivity index (χ1) is 9.70. The van der Waals surface area contributed by atoms with E-state index in [1.54, 1.807) is 36.4 Å². The van der Waals surface area contributed by atoms with Gasteiger partial charge in [0.15, 0.2) is 6.29 Å². The van der Waals surface area contributed by atoms with Crippen LogP contribution in [0.3, 0.4) is 0 Å². The van der Waals surface area contributed by atoms with Gasteiger partial charge in [-0.2, -0.15) is 0 Å². The van der Waals surface area contributed by atoms with Crippen LogP contribution in [0.4, 0.5) is 8.78 Å². The van der Waals surface area contributed by atoms with Crippen molar-refractivity contribution in [3.8, 4) is 11.1 Å². The average molecular weight is 268 g/mol. The van der Waals surface area contributed by atoms with Gasteiger partial charge in [-0.05, 0) is 34.7 Å². The lowest BCUT2D eigenvalue weighted by Crippen LogP contribution is -1.91. The number of hydrogen-bond acceptors (Lipinski definition) is 1. The Hall–Kier alpha value is -2.55. The molecular weight excluding hydrogens is 258 g/mol. The summed E-state index contributed by atoms with van der Waals surface area (Å²) in [6, 6.07) is 14.0. The van der Waals surface area contributed by atoms with Gasteiger partial charge in [-0.1, -0.05) is 36.4 Å². The van der Waals surface area contributed by atoms with Crippen molar-refractivity contribution in [2.75, 3.05) is 0 Å². The van der Waals surface area contributed by atoms with Gasteiger partial charge in [0.25, 0.3) is 0 Å². The standard InChI is InChI=1S/C17H10F2O/c18-12-5-6-13(11(9-12)10-20)15-7-8-17(19)16-4-2-1-3-14(15)16/h1-10H. The molecule has 3 rings (SSSR count). The number of aldehydes is 1. The van der Waals surface area contributed by atoms with E-state index in [-0.39, 0.29) is 11.4 Å². The predicted molar refractivity (Wildman–Crippen MR) is 74.7 cm³/mol. The highest BCUT2D eigenvalue weighted by Gasteiger charge is 2.11. The second-order valence-electron chi connectivity index (χ2n) is 4.49. The van der Waals surface area contributed by atoms with Crippen molar-refractivity contribution in [2.45, 2.75) is 0 Å². The minimum Gasteiger partial charge on any atom is -0.298 e. The van der Waals surface area contributed by atoms with Crippen LogP contribution >= 0.6 is 0 Å². The average Bonchev–Trinajstić information content (AvgIpc) is 2.48. The van der Waals surface area contributed by atoms with Gasteiger partial charge in [-0.25, -0.2) is 8.78 Å². The van der Waals surface area contributed by atoms with Gasteiger partial charge in [-0.3, -0.25) is 4.79 Å². The fraction of sp³-hybridized carbons (Fsp3) is 0. The Bertz CT molecular complexity index is 809. The van der Waals surface area contributed by atoms with Gasteiger partial charge in [0.05, 0.1) is 0 Å². The quantitative estimate of drug-likeness (QED) is 0.621. The zero-order valence-electron chi connectivity index (χ0n) is 10.4. The zero-order chi connectivity index (χ0) is 14.1. The van der Waals surface area contributed by atoms with Crippen LogP contribution in [0, 0.1) is 11.6 Å². The monoisotopic (exact) mass is 268 g/mol. The summed E-state index contributed by atoms with van der Waals surface area (Å²) in [6.07, 6.45) is 0.608. The van der Waals surface area contributed by atoms with Gasteiger partial charge in [0, 0.05) is 10.9 Å². The summed E-state index contributed by atoms with van der Waals surface area (Å²) >= 11 is 0. The smallest absolute Gasteiger partial charge is 0.150 e. The van der Waals surface area contributed by atoms with E-state index in [4.69, 9.17) is 0 Å². The van der Waals surface area contributed by atoms with Crippen molar-refractivity contribution >= 4 is 17.1 Å². The molecule has 0 unspecified atom stereocenters. The molecule has 3 heteroatoms. The van der Waals surface area contributed by atoms with Crippen molar-refractivity contribution < 1.29 is 13.6 Å². The maximum atomic E-state index is 13.8. The first kappa shape index (κ1) is 12.5. The zero-order valence-corrected chi connectivity index (χ0v) is 10.4. The van der Waals surface area contributed by atoms with Crippen LogP contribution in [0.1, 0.15) is 10.4 Å². The van der Waals surface area contributed by atoms with E-state index in [0.29, 0.717) is 28.2 Å². The molecule has 0 aromatic heterocycles. The van der Waals surface area contributed by atoms with Crippen LogP contribution in [0.5, 0.6) is 0 Å². The Morgan fingerprint density at radius 2 is 1.50 bits per heavy atom. The fourth-order valence-electron chi connectivity index (χ4n) is 2.37. The molecule has 3 aromatic carbocycles. The molecule has 0 fully saturated rings. The van der Waals surface area contributed by atoms with Gasteiger partial charge in [0.1, 0.15) is 11.6 Å². The Morgan fingerprint density at radius 3 is 2.25 bits per heavy atom. The van der Waals surface area contributed by atoms with Crippen molar-refractivity contribution in [3.63, 3.8) is 0 Å². The second kappa shape index (κ2) is 4.85. The normalized spacial score (nSPS) is 10.7. The number of hydrogen-bond donors (Lipinski definition) is 0. The van der Waals surface area contributed by atoms with E-state index in [1.165, 1.54) is 18.2 Å². The SMILES string of the molecule is O=Cc1cc(F)ccc1-c1ccc(F)c2ccccc12. The van der Waals surface area contributed by atoms with Crippen molar-refractivity contribution in [3.05, 3.63) is 71.8 Å². The van der Waals surface area contributed by atoms with Crippen LogP contribution in [-0.4, -0.2) is 6.29 Å². The van der Waals surface area contributed by atoms with E-state index in [2.05, 4.69) is 0 Å². The van der Waals surface area contributed by atoms with E-state index >= 15 is 0 Å². The van der Waals surface area contributed by atoms with E-state index in [0.717, 1.165) is 0 Å². The van der Waals surface area contributed by atoms with Crippen LogP contribution in [0.25, 0.3) is 21.9 Å². The maximum absolute atomic E-state index is 13.8. The lowest BCUT2D eigenvalue weighted by Gasteiger charge is -2.10. The summed E-state index contributed by atoms with van der Waals surface area (Å²) in [5.74, 6) is -0.790. The van der Waals surface area contributed by atoms with Crippen LogP contribution in [-0.2, 0) is 0 Å². The Labute approximate surface area is 114 Å². The molecule has 98 valence electrons. The number of fused-ring (bicyclic) bond motifs is 1. The number of halogens is 2. The molecule has 0 spiro atoms. The summed E-state index contributed by atoms with van der Waals surface area (Å²) in [5, 5.41) is 1.17. The molecule has 0 aliphatic heterocycles. The fourth-order valence-corrected chi connectivity index (χ4v) is 2.37. The molecule has 0 N–H and O–H groups in total. The highest BCUT2D eigenvalue weighted by molar-refractivity contribution is 6.01. The third kappa shape index (κ3) is 1.97. The summed E-state index contributed by atoms with van der Waals surface area (Å²) in [4.78, 5) is 11.1. The van der Waals surface area contributed by atoms with Crippen molar-refractivity contribution in [1.82, 2.24) is 0 Å². The Morgan fingerprint density at radius 1 is 0.800 bits per heavy atom. The highest BCUT2D eigenvalue weighted by atomic mass is 19.1. The van der Waals surface area contributed by atoms with Gasteiger partial charge in [0.2, 0.25) is 0 Å². The number of benzene rings is 3. The summed E-state index contributed by atoms with van der Waals surface area (Å²) in [5.41, 5.74) is 1.56. The first-order valence-corrected chi connectivity index (χ1v) is 6.13. The molecule has 1 nitrogen and oxygen atoms in total. The first-order valence-electron chi connectivity index (χ1n) is 6.13. The molecule has 0 saturated carbocycles. The van der Waals surface area contributed by atoms with Crippen LogP contribution in [0.2, 0.25) is 0 Å². The van der Waals surface area contributed by atoms with E-state index < -0.39 is 5.82 Å². The van der Waals surface area contributed by atoms with E-state index in [1.807, 2.05) is 0 Å². The minimum absolute atomic E-state index is 0.252. The molecule has 0 aliphatic carbocycles. The summed E-state index contributed by atoms with van der Waals surface area (Å²) in [7, 11) is 0. The molecule has 0 atom stereocenters.